The number of phenols is 1. The first-order chi connectivity index (χ1) is 11.1. The minimum absolute atomic E-state index is 0.0868. The van der Waals surface area contributed by atoms with Gasteiger partial charge in [-0.05, 0) is 30.4 Å². The monoisotopic (exact) mass is 345 g/mol. The molecule has 0 aliphatic heterocycles. The fourth-order valence-corrected chi connectivity index (χ4v) is 2.19. The summed E-state index contributed by atoms with van der Waals surface area (Å²) in [5.41, 5.74) is 4.64. The van der Waals surface area contributed by atoms with Crippen molar-refractivity contribution in [3.8, 4) is 5.75 Å². The predicted octanol–water partition coefficient (Wildman–Crippen LogP) is 3.45. The Balaban J connectivity index is 2.38. The molecule has 0 spiro atoms. The Morgan fingerprint density at radius 1 is 1.26 bits per heavy atom. The SMILES string of the molecule is C=CCNC(=S)N/N=C(\c1ccccc1)c1cc(Cl)ccc1O. The first-order valence-electron chi connectivity index (χ1n) is 6.88. The molecule has 0 aromatic heterocycles. The lowest BCUT2D eigenvalue weighted by atomic mass is 10.0. The molecule has 2 aromatic rings. The lowest BCUT2D eigenvalue weighted by Gasteiger charge is -2.11. The fourth-order valence-electron chi connectivity index (χ4n) is 1.89. The number of nitrogens with one attached hydrogen (secondary N) is 2. The van der Waals surface area contributed by atoms with Crippen LogP contribution in [-0.2, 0) is 0 Å². The molecule has 0 radical (unpaired) electrons. The number of halogens is 1. The van der Waals surface area contributed by atoms with Gasteiger partial charge in [-0.25, -0.2) is 0 Å². The summed E-state index contributed by atoms with van der Waals surface area (Å²) in [7, 11) is 0. The van der Waals surface area contributed by atoms with Crippen LogP contribution in [0.2, 0.25) is 5.02 Å². The first-order valence-corrected chi connectivity index (χ1v) is 7.67. The van der Waals surface area contributed by atoms with Crippen LogP contribution in [-0.4, -0.2) is 22.5 Å². The molecule has 0 heterocycles. The normalized spacial score (nSPS) is 10.9. The van der Waals surface area contributed by atoms with Crippen LogP contribution in [0.25, 0.3) is 0 Å². The summed E-state index contributed by atoms with van der Waals surface area (Å²) in [5, 5.41) is 18.3. The molecule has 2 rings (SSSR count). The molecule has 23 heavy (non-hydrogen) atoms. The number of rotatable bonds is 5. The zero-order chi connectivity index (χ0) is 16.7. The van der Waals surface area contributed by atoms with E-state index in [4.69, 9.17) is 23.8 Å². The van der Waals surface area contributed by atoms with Gasteiger partial charge >= 0.3 is 0 Å². The fraction of sp³-hybridized carbons (Fsp3) is 0.0588. The van der Waals surface area contributed by atoms with Crippen molar-refractivity contribution >= 4 is 34.6 Å². The van der Waals surface area contributed by atoms with Crippen LogP contribution in [0.3, 0.4) is 0 Å². The van der Waals surface area contributed by atoms with Crippen molar-refractivity contribution in [3.63, 3.8) is 0 Å². The smallest absolute Gasteiger partial charge is 0.187 e. The molecule has 0 aliphatic carbocycles. The van der Waals surface area contributed by atoms with Crippen LogP contribution in [0.15, 0.2) is 66.3 Å². The topological polar surface area (TPSA) is 56.7 Å². The number of benzene rings is 2. The third-order valence-electron chi connectivity index (χ3n) is 2.94. The van der Waals surface area contributed by atoms with Crippen molar-refractivity contribution in [2.75, 3.05) is 6.54 Å². The number of aromatic hydroxyl groups is 1. The molecule has 0 unspecified atom stereocenters. The zero-order valence-electron chi connectivity index (χ0n) is 12.3. The first kappa shape index (κ1) is 17.0. The quantitative estimate of drug-likeness (QED) is 0.336. The van der Waals surface area contributed by atoms with Gasteiger partial charge in [-0.1, -0.05) is 48.0 Å². The van der Waals surface area contributed by atoms with Crippen LogP contribution < -0.4 is 10.7 Å². The van der Waals surface area contributed by atoms with Crippen molar-refractivity contribution in [1.82, 2.24) is 10.7 Å². The van der Waals surface area contributed by atoms with Crippen LogP contribution in [0, 0.1) is 0 Å². The van der Waals surface area contributed by atoms with Crippen LogP contribution >= 0.6 is 23.8 Å². The molecule has 0 bridgehead atoms. The van der Waals surface area contributed by atoms with Gasteiger partial charge < -0.3 is 10.4 Å². The predicted molar refractivity (Wildman–Crippen MR) is 99.1 cm³/mol. The molecule has 3 N–H and O–H groups in total. The lowest BCUT2D eigenvalue weighted by molar-refractivity contribution is 0.474. The second-order valence-electron chi connectivity index (χ2n) is 4.60. The highest BCUT2D eigenvalue weighted by Gasteiger charge is 2.12. The van der Waals surface area contributed by atoms with E-state index in [1.807, 2.05) is 30.3 Å². The van der Waals surface area contributed by atoms with Crippen LogP contribution in [0.4, 0.5) is 0 Å². The van der Waals surface area contributed by atoms with E-state index in [1.165, 1.54) is 6.07 Å². The van der Waals surface area contributed by atoms with E-state index in [-0.39, 0.29) is 5.75 Å². The minimum Gasteiger partial charge on any atom is -0.507 e. The number of thiocarbonyl (C=S) groups is 1. The molecule has 2 aromatic carbocycles. The van der Waals surface area contributed by atoms with Crippen LogP contribution in [0.5, 0.6) is 5.75 Å². The Labute approximate surface area is 145 Å². The highest BCUT2D eigenvalue weighted by Crippen LogP contribution is 2.24. The van der Waals surface area contributed by atoms with Gasteiger partial charge in [0.1, 0.15) is 11.5 Å². The second kappa shape index (κ2) is 8.31. The average molecular weight is 346 g/mol. The van der Waals surface area contributed by atoms with E-state index < -0.39 is 0 Å². The Morgan fingerprint density at radius 3 is 2.70 bits per heavy atom. The van der Waals surface area contributed by atoms with Gasteiger partial charge in [-0.3, -0.25) is 5.43 Å². The molecule has 4 nitrogen and oxygen atoms in total. The molecule has 0 amide bonds. The van der Waals surface area contributed by atoms with Crippen LogP contribution in [0.1, 0.15) is 11.1 Å². The van der Waals surface area contributed by atoms with E-state index >= 15 is 0 Å². The van der Waals surface area contributed by atoms with Crippen molar-refractivity contribution < 1.29 is 5.11 Å². The third-order valence-corrected chi connectivity index (χ3v) is 3.41. The summed E-state index contributed by atoms with van der Waals surface area (Å²) in [6.07, 6.45) is 1.69. The van der Waals surface area contributed by atoms with Gasteiger partial charge in [0.15, 0.2) is 5.11 Å². The highest BCUT2D eigenvalue weighted by molar-refractivity contribution is 7.80. The van der Waals surface area contributed by atoms with Gasteiger partial charge in [0.25, 0.3) is 0 Å². The maximum absolute atomic E-state index is 10.1. The van der Waals surface area contributed by atoms with E-state index in [0.29, 0.717) is 28.0 Å². The maximum Gasteiger partial charge on any atom is 0.187 e. The summed E-state index contributed by atoms with van der Waals surface area (Å²) >= 11 is 11.2. The average Bonchev–Trinajstić information content (AvgIpc) is 2.57. The Bertz CT molecular complexity index is 732. The van der Waals surface area contributed by atoms with E-state index in [9.17, 15) is 5.11 Å². The van der Waals surface area contributed by atoms with Crippen molar-refractivity contribution in [3.05, 3.63) is 77.3 Å². The van der Waals surface area contributed by atoms with Gasteiger partial charge in [-0.2, -0.15) is 5.10 Å². The summed E-state index contributed by atoms with van der Waals surface area (Å²) in [5.74, 6) is 0.0868. The van der Waals surface area contributed by atoms with Gasteiger partial charge in [-0.15, -0.1) is 6.58 Å². The largest absolute Gasteiger partial charge is 0.507 e. The van der Waals surface area contributed by atoms with Gasteiger partial charge in [0.05, 0.1) is 0 Å². The van der Waals surface area contributed by atoms with E-state index in [2.05, 4.69) is 22.4 Å². The van der Waals surface area contributed by atoms with Gasteiger partial charge in [0.2, 0.25) is 0 Å². The van der Waals surface area contributed by atoms with Crippen molar-refractivity contribution in [1.29, 1.82) is 0 Å². The lowest BCUT2D eigenvalue weighted by Crippen LogP contribution is -2.32. The third kappa shape index (κ3) is 4.81. The maximum atomic E-state index is 10.1. The van der Waals surface area contributed by atoms with Gasteiger partial charge in [0, 0.05) is 22.7 Å². The highest BCUT2D eigenvalue weighted by atomic mass is 35.5. The number of hydrogen-bond donors (Lipinski definition) is 3. The molecule has 118 valence electrons. The standard InChI is InChI=1S/C17H16ClN3OS/c1-2-10-19-17(23)21-20-16(12-6-4-3-5-7-12)14-11-13(18)8-9-15(14)22/h2-9,11,22H,1,10H2,(H2,19,21,23)/b20-16+. The molecule has 0 fully saturated rings. The Hall–Kier alpha value is -2.37. The van der Waals surface area contributed by atoms with E-state index in [0.717, 1.165) is 5.56 Å². The molecule has 0 aliphatic rings. The Morgan fingerprint density at radius 2 is 2.00 bits per heavy atom. The van der Waals surface area contributed by atoms with Crippen molar-refractivity contribution in [2.24, 2.45) is 5.10 Å². The summed E-state index contributed by atoms with van der Waals surface area (Å²) in [6.45, 7) is 4.14. The number of phenolic OH excluding ortho intramolecular Hbond substituents is 1. The summed E-state index contributed by atoms with van der Waals surface area (Å²) in [6, 6.07) is 14.3. The molecular weight excluding hydrogens is 330 g/mol. The summed E-state index contributed by atoms with van der Waals surface area (Å²) in [4.78, 5) is 0. The second-order valence-corrected chi connectivity index (χ2v) is 5.44. The molecule has 0 saturated carbocycles. The number of hydrogen-bond acceptors (Lipinski definition) is 3. The van der Waals surface area contributed by atoms with E-state index in [1.54, 1.807) is 18.2 Å². The zero-order valence-corrected chi connectivity index (χ0v) is 13.9. The summed E-state index contributed by atoms with van der Waals surface area (Å²) < 4.78 is 0. The molecule has 0 atom stereocenters. The van der Waals surface area contributed by atoms with Crippen molar-refractivity contribution in [2.45, 2.75) is 0 Å². The minimum atomic E-state index is 0.0868. The Kier molecular flexibility index (Phi) is 6.14. The molecule has 6 heteroatoms. The molecular formula is C17H16ClN3OS. The number of nitrogens with zero attached hydrogens (tertiary/aromatic N) is 1. The number of hydrazone groups is 1. The molecule has 0 saturated heterocycles.